The van der Waals surface area contributed by atoms with Crippen LogP contribution in [0.2, 0.25) is 0 Å². The second kappa shape index (κ2) is 39.2. The third-order valence-corrected chi connectivity index (χ3v) is 29.4. The number of rotatable bonds is 25. The smallest absolute Gasteiger partial charge is 0.338 e. The molecule has 26 nitrogen and oxygen atoms in total. The molecule has 1 N–H and O–H groups in total. The van der Waals surface area contributed by atoms with Crippen molar-refractivity contribution < 1.29 is 124 Å². The van der Waals surface area contributed by atoms with Gasteiger partial charge in [-0.15, -0.1) is 0 Å². The molecule has 0 radical (unpaired) electrons. The molecule has 0 unspecified atom stereocenters. The summed E-state index contributed by atoms with van der Waals surface area (Å²) in [6, 6.07) is 64.2. The van der Waals surface area contributed by atoms with Crippen molar-refractivity contribution in [2.45, 2.75) is 205 Å². The van der Waals surface area contributed by atoms with Crippen LogP contribution in [0.5, 0.6) is 0 Å². The molecule has 7 fully saturated rings. The number of hydrogen-bond donors (Lipinski definition) is 1. The lowest BCUT2D eigenvalue weighted by Crippen LogP contribution is -2.67. The van der Waals surface area contributed by atoms with Crippen LogP contribution in [0, 0.1) is 56.7 Å². The largest absolute Gasteiger partial charge is 0.459 e. The second-order valence-corrected chi connectivity index (χ2v) is 37.1. The molecule has 16 rings (SSSR count). The number of benzene rings is 8. The van der Waals surface area contributed by atoms with Crippen molar-refractivity contribution in [3.8, 4) is 0 Å². The van der Waals surface area contributed by atoms with Gasteiger partial charge in [-0.2, -0.15) is 0 Å². The standard InChI is InChI=1S/C105H110O26/c1-62-51-56-105(100(116)131-99-88(129-96(115)72-47-31-16-32-48-72)86(127-94(113)70-43-27-14-28-44-70)83(125-92(111)68-39-23-12-24-40-68)76(122-99)61-118-90(109)66-35-19-10-20-36-66)58-57-103(7)73(80(105)63(62)2)49-50-78-102(6)54-53-79(101(4,5)77(102)52-55-104(78,103)8)123-97-84(81(107)74(59-119-97)120-64(3)106)130-98-87(128-95(114)71-45-29-15-30-46-71)85(126-93(112)69-41-25-13-26-42-69)82(124-91(110)67-37-21-11-22-38-67)75(121-98)60-117-89(108)65-33-17-9-18-34-65/h9-49,62-63,74-88,97-99,107H,50-61H2,1-8H3/t62-,63+,74+,75-,76-,77+,78-,79+,80+,81+,82-,83-,84-,85+,86+,87-,88-,97+,98+,99+,102+,103-,104-,105+/m1/s1. The molecule has 8 aliphatic rings. The molecule has 4 saturated carbocycles. The highest BCUT2D eigenvalue weighted by Gasteiger charge is 2.71. The topological polar surface area (TPSA) is 329 Å². The summed E-state index contributed by atoms with van der Waals surface area (Å²) >= 11 is 0. The van der Waals surface area contributed by atoms with Gasteiger partial charge < -0.3 is 76.2 Å². The van der Waals surface area contributed by atoms with Crippen LogP contribution in [0.1, 0.15) is 196 Å². The van der Waals surface area contributed by atoms with Crippen molar-refractivity contribution in [2.24, 2.45) is 56.7 Å². The quantitative estimate of drug-likeness (QED) is 0.0240. The fourth-order valence-electron chi connectivity index (χ4n) is 22.2. The van der Waals surface area contributed by atoms with E-state index in [1.165, 1.54) is 91.9 Å². The number of aliphatic hydroxyl groups is 1. The predicted octanol–water partition coefficient (Wildman–Crippen LogP) is 16.1. The number of hydrogen-bond acceptors (Lipinski definition) is 26. The normalized spacial score (nSPS) is 32.1. The summed E-state index contributed by atoms with van der Waals surface area (Å²) in [7, 11) is 0. The van der Waals surface area contributed by atoms with E-state index >= 15 is 4.79 Å². The van der Waals surface area contributed by atoms with Gasteiger partial charge in [0.2, 0.25) is 12.4 Å². The first-order chi connectivity index (χ1) is 63.1. The molecule has 26 heteroatoms. The lowest BCUT2D eigenvalue weighted by molar-refractivity contribution is -0.365. The summed E-state index contributed by atoms with van der Waals surface area (Å²) in [5.41, 5.74) is -1.20. The monoisotopic (exact) mass is 1790 g/mol. The SMILES string of the molecule is CC(=O)O[C@H]1CO[C@@H](O[C@H]2CC[C@]3(C)[C@H]4CC=C5[C@@H]6[C@@H](C)[C@H](C)CC[C@]6(C(=O)O[C@@H]6O[C@H](COC(=O)c7ccccc7)[C@@H](OC(=O)c7ccccc7)[C@H](OC(=O)c7ccccc7)[C@H]6OC(=O)c6ccccc6)CC[C@@]5(C)[C@]4(C)CC[C@H]3C2(C)C)[C@H](O[C@@H]2O[C@H](COC(=O)c3ccccc3)[C@@H](OC(=O)c3ccccc3)[C@H](OC(=O)c3ccccc3)[C@H]2OC(=O)c2ccccc2)[C@H]1O. The summed E-state index contributed by atoms with van der Waals surface area (Å²) in [6.07, 6.45) is -17.1. The highest BCUT2D eigenvalue weighted by molar-refractivity contribution is 5.94. The lowest BCUT2D eigenvalue weighted by Gasteiger charge is -2.71. The summed E-state index contributed by atoms with van der Waals surface area (Å²) in [6.45, 7) is 15.4. The zero-order valence-electron chi connectivity index (χ0n) is 74.4. The summed E-state index contributed by atoms with van der Waals surface area (Å²) in [5, 5.41) is 12.9. The summed E-state index contributed by atoms with van der Waals surface area (Å²) in [4.78, 5) is 146. The van der Waals surface area contributed by atoms with Gasteiger partial charge in [0.15, 0.2) is 49.2 Å². The zero-order chi connectivity index (χ0) is 92.1. The van der Waals surface area contributed by atoms with Crippen LogP contribution in [-0.4, -0.2) is 177 Å². The van der Waals surface area contributed by atoms with Crippen molar-refractivity contribution in [1.29, 1.82) is 0 Å². The Balaban J connectivity index is 0.706. The molecule has 8 aromatic rings. The van der Waals surface area contributed by atoms with E-state index in [0.717, 1.165) is 18.4 Å². The molecular weight excluding hydrogens is 1680 g/mol. The molecule has 5 aliphatic carbocycles. The molecule has 3 heterocycles. The van der Waals surface area contributed by atoms with Gasteiger partial charge in [0.05, 0.1) is 62.6 Å². The number of carbonyl (C=O) groups is 10. The Morgan fingerprint density at radius 3 is 1.18 bits per heavy atom. The number of carbonyl (C=O) groups excluding carboxylic acids is 10. The Kier molecular flexibility index (Phi) is 27.6. The van der Waals surface area contributed by atoms with Gasteiger partial charge in [-0.1, -0.05) is 206 Å². The van der Waals surface area contributed by atoms with E-state index in [0.29, 0.717) is 44.9 Å². The predicted molar refractivity (Wildman–Crippen MR) is 471 cm³/mol. The molecule has 0 amide bonds. The molecule has 686 valence electrons. The number of fused-ring (bicyclic) bond motifs is 7. The molecule has 3 saturated heterocycles. The first kappa shape index (κ1) is 92.2. The second-order valence-electron chi connectivity index (χ2n) is 37.1. The van der Waals surface area contributed by atoms with Gasteiger partial charge in [0, 0.05) is 6.92 Å². The Morgan fingerprint density at radius 2 is 0.763 bits per heavy atom. The summed E-state index contributed by atoms with van der Waals surface area (Å²) < 4.78 is 97.9. The first-order valence-electron chi connectivity index (χ1n) is 45.1. The number of ether oxygens (including phenoxy) is 15. The minimum atomic E-state index is -1.94. The average molecular weight is 1790 g/mol. The Hall–Kier alpha value is -12.0. The fourth-order valence-corrected chi connectivity index (χ4v) is 22.2. The minimum Gasteiger partial charge on any atom is -0.459 e. The van der Waals surface area contributed by atoms with E-state index in [4.69, 9.17) is 71.1 Å². The van der Waals surface area contributed by atoms with Crippen LogP contribution in [0.15, 0.2) is 254 Å². The maximum atomic E-state index is 16.6. The highest BCUT2D eigenvalue weighted by atomic mass is 16.8. The maximum absolute atomic E-state index is 16.6. The molecule has 3 aliphatic heterocycles. The zero-order valence-corrected chi connectivity index (χ0v) is 74.4. The van der Waals surface area contributed by atoms with E-state index in [1.807, 2.05) is 0 Å². The highest BCUT2D eigenvalue weighted by Crippen LogP contribution is 2.76. The van der Waals surface area contributed by atoms with Gasteiger partial charge in [0.25, 0.3) is 0 Å². The molecule has 0 bridgehead atoms. The summed E-state index contributed by atoms with van der Waals surface area (Å²) in [5.74, 6) is -8.82. The van der Waals surface area contributed by atoms with Crippen LogP contribution in [0.25, 0.3) is 0 Å². The van der Waals surface area contributed by atoms with Crippen LogP contribution >= 0.6 is 0 Å². The van der Waals surface area contributed by atoms with Crippen molar-refractivity contribution in [3.05, 3.63) is 299 Å². The third kappa shape index (κ3) is 18.9. The Morgan fingerprint density at radius 1 is 0.382 bits per heavy atom. The van der Waals surface area contributed by atoms with Gasteiger partial charge in [-0.25, -0.2) is 38.4 Å². The van der Waals surface area contributed by atoms with E-state index in [1.54, 1.807) is 158 Å². The van der Waals surface area contributed by atoms with Crippen LogP contribution < -0.4 is 0 Å². The van der Waals surface area contributed by atoms with Crippen molar-refractivity contribution in [2.75, 3.05) is 19.8 Å². The minimum absolute atomic E-state index is 0.0286. The van der Waals surface area contributed by atoms with Gasteiger partial charge in [-0.3, -0.25) is 9.59 Å². The van der Waals surface area contributed by atoms with Gasteiger partial charge in [-0.05, 0) is 206 Å². The number of aliphatic hydroxyl groups excluding tert-OH is 1. The lowest BCUT2D eigenvalue weighted by atomic mass is 9.33. The molecule has 0 aromatic heterocycles. The van der Waals surface area contributed by atoms with E-state index < -0.39 is 187 Å². The van der Waals surface area contributed by atoms with Crippen LogP contribution in [0.4, 0.5) is 0 Å². The van der Waals surface area contributed by atoms with E-state index in [-0.39, 0.29) is 85.6 Å². The number of allylic oxidation sites excluding steroid dienone is 2. The van der Waals surface area contributed by atoms with Crippen molar-refractivity contribution >= 4 is 59.7 Å². The van der Waals surface area contributed by atoms with Gasteiger partial charge >= 0.3 is 59.7 Å². The van der Waals surface area contributed by atoms with Crippen LogP contribution in [-0.2, 0) is 80.6 Å². The average Bonchev–Trinajstić information content (AvgIpc) is 0.672. The first-order valence-corrected chi connectivity index (χ1v) is 45.1. The fraction of sp³-hybridized carbons (Fsp3) is 0.429. The molecule has 24 atom stereocenters. The molecule has 131 heavy (non-hydrogen) atoms. The Labute approximate surface area is 760 Å². The third-order valence-electron chi connectivity index (χ3n) is 29.4. The van der Waals surface area contributed by atoms with Crippen molar-refractivity contribution in [3.63, 3.8) is 0 Å². The van der Waals surface area contributed by atoms with Crippen molar-refractivity contribution in [1.82, 2.24) is 0 Å². The van der Waals surface area contributed by atoms with Gasteiger partial charge in [0.1, 0.15) is 37.6 Å². The van der Waals surface area contributed by atoms with E-state index in [2.05, 4.69) is 54.5 Å². The molecule has 0 spiro atoms. The number of esters is 10. The van der Waals surface area contributed by atoms with Crippen LogP contribution in [0.3, 0.4) is 0 Å². The molecular formula is C105H110O26. The Bertz CT molecular complexity index is 5440. The maximum Gasteiger partial charge on any atom is 0.338 e. The van der Waals surface area contributed by atoms with E-state index in [9.17, 15) is 48.3 Å². The molecule has 8 aromatic carbocycles.